The molecule has 0 fully saturated rings. The number of thiophene rings is 1. The zero-order chi connectivity index (χ0) is 17.1. The summed E-state index contributed by atoms with van der Waals surface area (Å²) >= 11 is -0.505. The van der Waals surface area contributed by atoms with Crippen molar-refractivity contribution in [3.8, 4) is 0 Å². The van der Waals surface area contributed by atoms with Crippen molar-refractivity contribution >= 4 is 38.6 Å². The summed E-state index contributed by atoms with van der Waals surface area (Å²) in [5.74, 6) is -0.142. The summed E-state index contributed by atoms with van der Waals surface area (Å²) < 4.78 is 11.2. The minimum absolute atomic E-state index is 0.142. The van der Waals surface area contributed by atoms with Gasteiger partial charge in [-0.3, -0.25) is 0 Å². The molecule has 1 rings (SSSR count). The van der Waals surface area contributed by atoms with Gasteiger partial charge in [-0.25, -0.2) is 0 Å². The van der Waals surface area contributed by atoms with Gasteiger partial charge < -0.3 is 0 Å². The van der Waals surface area contributed by atoms with Crippen molar-refractivity contribution in [2.45, 2.75) is 79.5 Å². The van der Waals surface area contributed by atoms with Crippen LogP contribution in [0.5, 0.6) is 0 Å². The first-order valence-electron chi connectivity index (χ1n) is 9.39. The quantitative estimate of drug-likeness (QED) is 0.292. The van der Waals surface area contributed by atoms with Gasteiger partial charge in [-0.15, -0.1) is 0 Å². The van der Waals surface area contributed by atoms with Gasteiger partial charge in [0.15, 0.2) is 0 Å². The summed E-state index contributed by atoms with van der Waals surface area (Å²) in [4.78, 5) is 12.0. The molecule has 132 valence electrons. The van der Waals surface area contributed by atoms with Crippen LogP contribution in [0.15, 0.2) is 11.4 Å². The molecular weight excluding hydrogens is 411 g/mol. The molecule has 23 heavy (non-hydrogen) atoms. The third-order valence-electron chi connectivity index (χ3n) is 4.66. The van der Waals surface area contributed by atoms with E-state index in [2.05, 4.69) is 26.8 Å². The van der Waals surface area contributed by atoms with E-state index in [0.29, 0.717) is 6.61 Å². The van der Waals surface area contributed by atoms with E-state index in [1.165, 1.54) is 51.8 Å². The molecule has 0 aliphatic rings. The Hall–Kier alpha value is -0.0313. The second kappa shape index (κ2) is 11.5. The predicted molar refractivity (Wildman–Crippen MR) is 105 cm³/mol. The topological polar surface area (TPSA) is 26.3 Å². The fourth-order valence-corrected chi connectivity index (χ4v) is 23.2. The van der Waals surface area contributed by atoms with Crippen molar-refractivity contribution < 1.29 is 9.53 Å². The Kier molecular flexibility index (Phi) is 10.5. The zero-order valence-corrected chi connectivity index (χ0v) is 19.1. The van der Waals surface area contributed by atoms with Gasteiger partial charge in [0.05, 0.1) is 0 Å². The van der Waals surface area contributed by atoms with Crippen molar-refractivity contribution in [3.05, 3.63) is 17.0 Å². The Labute approximate surface area is 150 Å². The molecule has 4 heteroatoms. The Morgan fingerprint density at radius 3 is 1.96 bits per heavy atom. The van der Waals surface area contributed by atoms with Crippen LogP contribution in [0.3, 0.4) is 0 Å². The van der Waals surface area contributed by atoms with Crippen molar-refractivity contribution in [2.75, 3.05) is 6.61 Å². The van der Waals surface area contributed by atoms with Crippen LogP contribution in [0.2, 0.25) is 13.3 Å². The first-order chi connectivity index (χ1) is 11.1. The first-order valence-corrected chi connectivity index (χ1v) is 17.8. The zero-order valence-electron chi connectivity index (χ0n) is 15.5. The SMILES string of the molecule is CCC[CH2][Sn]([CH2]CCC)([CH2]CCC)[c]1cc(C(=O)OCC)cs1. The van der Waals surface area contributed by atoms with Gasteiger partial charge in [-0.1, -0.05) is 0 Å². The minimum atomic E-state index is -2.36. The molecule has 2 nitrogen and oxygen atoms in total. The molecule has 0 N–H and O–H groups in total. The Bertz CT molecular complexity index is 434. The molecule has 1 aromatic heterocycles. The van der Waals surface area contributed by atoms with Gasteiger partial charge >= 0.3 is 151 Å². The van der Waals surface area contributed by atoms with Gasteiger partial charge in [-0.05, 0) is 0 Å². The van der Waals surface area contributed by atoms with Gasteiger partial charge in [0.25, 0.3) is 0 Å². The summed E-state index contributed by atoms with van der Waals surface area (Å²) in [6, 6.07) is 2.21. The van der Waals surface area contributed by atoms with Gasteiger partial charge in [0.2, 0.25) is 0 Å². The molecule has 0 radical (unpaired) electrons. The molecule has 1 heterocycles. The molecule has 0 unspecified atom stereocenters. The van der Waals surface area contributed by atoms with Crippen LogP contribution in [0.1, 0.15) is 76.6 Å². The summed E-state index contributed by atoms with van der Waals surface area (Å²) in [7, 11) is 0. The molecular formula is C19H34O2SSn. The standard InChI is InChI=1S/C7H7O2S.3C4H9.Sn/c1-2-9-7(8)6-3-4-10-5-6;3*1-3-4-2;/h3,5H,2H2,1H3;3*1,3-4H2,2H3;. The first kappa shape index (κ1) is 21.0. The maximum atomic E-state index is 12.0. The van der Waals surface area contributed by atoms with Crippen molar-refractivity contribution in [3.63, 3.8) is 0 Å². The number of carbonyl (C=O) groups is 1. The van der Waals surface area contributed by atoms with Crippen LogP contribution < -0.4 is 2.89 Å². The van der Waals surface area contributed by atoms with E-state index in [9.17, 15) is 4.79 Å². The average Bonchev–Trinajstić information content (AvgIpc) is 3.05. The molecule has 0 bridgehead atoms. The van der Waals surface area contributed by atoms with Crippen LogP contribution in [0.4, 0.5) is 0 Å². The number of hydrogen-bond acceptors (Lipinski definition) is 3. The average molecular weight is 445 g/mol. The monoisotopic (exact) mass is 446 g/mol. The predicted octanol–water partition coefficient (Wildman–Crippen LogP) is 5.98. The van der Waals surface area contributed by atoms with Crippen LogP contribution in [-0.2, 0) is 4.74 Å². The maximum absolute atomic E-state index is 12.0. The van der Waals surface area contributed by atoms with Crippen LogP contribution in [0, 0.1) is 0 Å². The second-order valence-electron chi connectivity index (χ2n) is 6.51. The van der Waals surface area contributed by atoms with Crippen LogP contribution >= 0.6 is 11.3 Å². The number of carbonyl (C=O) groups excluding carboxylic acids is 1. The Morgan fingerprint density at radius 2 is 1.52 bits per heavy atom. The summed E-state index contributed by atoms with van der Waals surface area (Å²) in [5.41, 5.74) is 0.789. The van der Waals surface area contributed by atoms with Gasteiger partial charge in [-0.2, -0.15) is 0 Å². The Balaban J connectivity index is 3.06. The fraction of sp³-hybridized carbons (Fsp3) is 0.737. The Morgan fingerprint density at radius 1 is 1.00 bits per heavy atom. The third kappa shape index (κ3) is 6.41. The van der Waals surface area contributed by atoms with Gasteiger partial charge in [0.1, 0.15) is 0 Å². The normalized spacial score (nSPS) is 11.7. The van der Waals surface area contributed by atoms with E-state index in [-0.39, 0.29) is 5.97 Å². The van der Waals surface area contributed by atoms with Crippen molar-refractivity contribution in [2.24, 2.45) is 0 Å². The number of rotatable bonds is 12. The number of esters is 1. The van der Waals surface area contributed by atoms with Crippen molar-refractivity contribution in [1.29, 1.82) is 0 Å². The van der Waals surface area contributed by atoms with E-state index >= 15 is 0 Å². The third-order valence-corrected chi connectivity index (χ3v) is 23.9. The molecule has 0 saturated carbocycles. The summed E-state index contributed by atoms with van der Waals surface area (Å²) in [6.45, 7) is 9.23. The molecule has 0 aromatic carbocycles. The van der Waals surface area contributed by atoms with E-state index in [4.69, 9.17) is 4.74 Å². The molecule has 0 spiro atoms. The summed E-state index contributed by atoms with van der Waals surface area (Å²) in [5, 5.41) is 2.04. The van der Waals surface area contributed by atoms with E-state index < -0.39 is 18.4 Å². The van der Waals surface area contributed by atoms with E-state index in [1.54, 1.807) is 2.89 Å². The molecule has 0 saturated heterocycles. The van der Waals surface area contributed by atoms with Crippen molar-refractivity contribution in [1.82, 2.24) is 0 Å². The van der Waals surface area contributed by atoms with Crippen LogP contribution in [0.25, 0.3) is 0 Å². The molecule has 0 amide bonds. The molecule has 0 aliphatic heterocycles. The van der Waals surface area contributed by atoms with Crippen LogP contribution in [-0.4, -0.2) is 31.0 Å². The fourth-order valence-electron chi connectivity index (χ4n) is 3.23. The van der Waals surface area contributed by atoms with E-state index in [1.807, 2.05) is 23.6 Å². The van der Waals surface area contributed by atoms with Gasteiger partial charge in [0, 0.05) is 0 Å². The number of hydrogen-bond donors (Lipinski definition) is 0. The summed E-state index contributed by atoms with van der Waals surface area (Å²) in [6.07, 6.45) is 7.93. The number of unbranched alkanes of at least 4 members (excludes halogenated alkanes) is 3. The molecule has 0 aliphatic carbocycles. The molecule has 0 atom stereocenters. The number of ether oxygens (including phenoxy) is 1. The molecule has 1 aromatic rings. The van der Waals surface area contributed by atoms with E-state index in [0.717, 1.165) is 5.56 Å². The second-order valence-corrected chi connectivity index (χ2v) is 21.6.